The Kier molecular flexibility index (Phi) is 3.17. The van der Waals surface area contributed by atoms with E-state index in [9.17, 15) is 4.79 Å². The van der Waals surface area contributed by atoms with E-state index in [1.54, 1.807) is 0 Å². The van der Waals surface area contributed by atoms with Crippen molar-refractivity contribution in [3.05, 3.63) is 36.1 Å². The van der Waals surface area contributed by atoms with Crippen LogP contribution in [0.4, 0.5) is 0 Å². The van der Waals surface area contributed by atoms with Crippen LogP contribution in [0.1, 0.15) is 5.56 Å². The molecule has 63 valence electrons. The highest BCUT2D eigenvalue weighted by Crippen LogP contribution is 2.16. The molecule has 0 heterocycles. The Hall–Kier alpha value is -0.960. The quantitative estimate of drug-likeness (QED) is 0.726. The fraction of sp³-hybridized carbons (Fsp3) is 0.111. The summed E-state index contributed by atoms with van der Waals surface area (Å²) in [6, 6.07) is 7.36. The summed E-state index contributed by atoms with van der Waals surface area (Å²) in [5.41, 5.74) is 0.820. The minimum Gasteiger partial charge on any atom is -0.481 e. The Bertz CT molecular complexity index is 266. The molecule has 3 heteroatoms. The summed E-state index contributed by atoms with van der Waals surface area (Å²) in [6.07, 6.45) is 3.73. The summed E-state index contributed by atoms with van der Waals surface area (Å²) in [7, 11) is 0. The number of benzene rings is 1. The maximum Gasteiger partial charge on any atom is 0.307 e. The van der Waals surface area contributed by atoms with Crippen molar-refractivity contribution in [3.63, 3.8) is 0 Å². The van der Waals surface area contributed by atoms with Gasteiger partial charge in [0, 0.05) is 11.2 Å². The molecule has 0 aliphatic heterocycles. The van der Waals surface area contributed by atoms with Crippen LogP contribution in [0.25, 0.3) is 0 Å². The van der Waals surface area contributed by atoms with Crippen LogP contribution < -0.4 is 0 Å². The van der Waals surface area contributed by atoms with Crippen LogP contribution in [-0.4, -0.2) is 11.1 Å². The first-order valence-corrected chi connectivity index (χ1v) is 4.43. The molecule has 0 spiro atoms. The Morgan fingerprint density at radius 2 is 2.00 bits per heavy atom. The van der Waals surface area contributed by atoms with Gasteiger partial charge in [-0.15, -0.1) is 11.8 Å². The van der Waals surface area contributed by atoms with Crippen LogP contribution in [0.2, 0.25) is 0 Å². The molecule has 0 atom stereocenters. The van der Waals surface area contributed by atoms with Crippen molar-refractivity contribution < 1.29 is 9.90 Å². The van der Waals surface area contributed by atoms with Crippen molar-refractivity contribution in [2.75, 3.05) is 0 Å². The van der Waals surface area contributed by atoms with Crippen molar-refractivity contribution in [1.29, 1.82) is 0 Å². The van der Waals surface area contributed by atoms with E-state index in [0.29, 0.717) is 0 Å². The van der Waals surface area contributed by atoms with E-state index in [1.807, 2.05) is 24.3 Å². The molecule has 1 aromatic rings. The molecule has 12 heavy (non-hydrogen) atoms. The van der Waals surface area contributed by atoms with Gasteiger partial charge in [0.15, 0.2) is 0 Å². The molecular weight excluding hydrogens is 172 g/mol. The molecule has 1 rings (SSSR count). The molecule has 0 aliphatic rings. The molecule has 0 saturated heterocycles. The van der Waals surface area contributed by atoms with Crippen LogP contribution in [0, 0.1) is 6.26 Å². The fourth-order valence-corrected chi connectivity index (χ4v) is 1.21. The molecule has 0 aliphatic carbocycles. The molecule has 0 bridgehead atoms. The van der Waals surface area contributed by atoms with E-state index < -0.39 is 5.97 Å². The Morgan fingerprint density at radius 1 is 1.42 bits per heavy atom. The molecule has 0 unspecified atom stereocenters. The standard InChI is InChI=1S/C9H9O2S/c1-12-8-4-2-7(3-5-8)6-9(10)11/h2-5H,1,6H2,(H,10,11). The summed E-state index contributed by atoms with van der Waals surface area (Å²) in [4.78, 5) is 11.4. The number of carbonyl (C=O) groups is 1. The second kappa shape index (κ2) is 4.16. The minimum absolute atomic E-state index is 0.0854. The lowest BCUT2D eigenvalue weighted by molar-refractivity contribution is -0.136. The number of rotatable bonds is 3. The molecule has 1 N–H and O–H groups in total. The third-order valence-corrected chi connectivity index (χ3v) is 2.05. The number of thioether (sulfide) groups is 1. The first-order valence-electron chi connectivity index (χ1n) is 3.45. The van der Waals surface area contributed by atoms with E-state index in [0.717, 1.165) is 10.5 Å². The molecule has 1 radical (unpaired) electrons. The first kappa shape index (κ1) is 9.13. The third-order valence-electron chi connectivity index (χ3n) is 1.45. The predicted molar refractivity (Wildman–Crippen MR) is 49.0 cm³/mol. The summed E-state index contributed by atoms with van der Waals surface area (Å²) >= 11 is 1.40. The number of hydrogen-bond acceptors (Lipinski definition) is 2. The Labute approximate surface area is 75.6 Å². The summed E-state index contributed by atoms with van der Waals surface area (Å²) in [5, 5.41) is 8.48. The second-order valence-corrected chi connectivity index (χ2v) is 3.12. The van der Waals surface area contributed by atoms with Gasteiger partial charge in [-0.1, -0.05) is 12.1 Å². The number of aliphatic carboxylic acids is 1. The number of carboxylic acids is 1. The maximum absolute atomic E-state index is 10.3. The van der Waals surface area contributed by atoms with E-state index in [4.69, 9.17) is 5.11 Å². The summed E-state index contributed by atoms with van der Waals surface area (Å²) in [6.45, 7) is 0. The van der Waals surface area contributed by atoms with Crippen molar-refractivity contribution in [1.82, 2.24) is 0 Å². The monoisotopic (exact) mass is 181 g/mol. The lowest BCUT2D eigenvalue weighted by Crippen LogP contribution is -1.99. The predicted octanol–water partition coefficient (Wildman–Crippen LogP) is 2.20. The van der Waals surface area contributed by atoms with Gasteiger partial charge in [0.05, 0.1) is 6.42 Å². The Balaban J connectivity index is 2.71. The molecule has 0 fully saturated rings. The third kappa shape index (κ3) is 2.58. The fourth-order valence-electron chi connectivity index (χ4n) is 0.878. The van der Waals surface area contributed by atoms with Crippen molar-refractivity contribution in [3.8, 4) is 0 Å². The Morgan fingerprint density at radius 3 is 2.42 bits per heavy atom. The first-order chi connectivity index (χ1) is 5.72. The molecule has 0 amide bonds. The van der Waals surface area contributed by atoms with Gasteiger partial charge in [0.1, 0.15) is 0 Å². The van der Waals surface area contributed by atoms with E-state index in [1.165, 1.54) is 11.8 Å². The van der Waals surface area contributed by atoms with E-state index in [-0.39, 0.29) is 6.42 Å². The zero-order valence-electron chi connectivity index (χ0n) is 6.49. The second-order valence-electron chi connectivity index (χ2n) is 2.36. The average Bonchev–Trinajstić information content (AvgIpc) is 2.05. The summed E-state index contributed by atoms with van der Waals surface area (Å²) in [5.74, 6) is -0.801. The van der Waals surface area contributed by atoms with Gasteiger partial charge in [0.25, 0.3) is 0 Å². The molecular formula is C9H9O2S. The van der Waals surface area contributed by atoms with Gasteiger partial charge in [-0.05, 0) is 17.7 Å². The van der Waals surface area contributed by atoms with Crippen LogP contribution in [0.15, 0.2) is 29.2 Å². The highest BCUT2D eigenvalue weighted by molar-refractivity contribution is 8.00. The molecule has 2 nitrogen and oxygen atoms in total. The van der Waals surface area contributed by atoms with Crippen molar-refractivity contribution >= 4 is 17.7 Å². The van der Waals surface area contributed by atoms with E-state index >= 15 is 0 Å². The lowest BCUT2D eigenvalue weighted by atomic mass is 10.2. The van der Waals surface area contributed by atoms with Gasteiger partial charge in [-0.2, -0.15) is 0 Å². The molecule has 0 aromatic heterocycles. The van der Waals surface area contributed by atoms with Crippen LogP contribution in [0.3, 0.4) is 0 Å². The summed E-state index contributed by atoms with van der Waals surface area (Å²) < 4.78 is 0. The SMILES string of the molecule is [CH2]Sc1ccc(CC(=O)O)cc1. The van der Waals surface area contributed by atoms with Crippen LogP contribution >= 0.6 is 11.8 Å². The highest BCUT2D eigenvalue weighted by Gasteiger charge is 1.98. The smallest absolute Gasteiger partial charge is 0.307 e. The van der Waals surface area contributed by atoms with E-state index in [2.05, 4.69) is 6.26 Å². The van der Waals surface area contributed by atoms with Gasteiger partial charge < -0.3 is 5.11 Å². The maximum atomic E-state index is 10.3. The van der Waals surface area contributed by atoms with Gasteiger partial charge >= 0.3 is 5.97 Å². The topological polar surface area (TPSA) is 37.3 Å². The lowest BCUT2D eigenvalue weighted by Gasteiger charge is -1.98. The molecule has 1 aromatic carbocycles. The average molecular weight is 181 g/mol. The largest absolute Gasteiger partial charge is 0.481 e. The number of hydrogen-bond donors (Lipinski definition) is 1. The zero-order valence-corrected chi connectivity index (χ0v) is 7.30. The van der Waals surface area contributed by atoms with Crippen molar-refractivity contribution in [2.45, 2.75) is 11.3 Å². The number of carboxylic acid groups (broad SMARTS) is 1. The van der Waals surface area contributed by atoms with Crippen LogP contribution in [0.5, 0.6) is 0 Å². The minimum atomic E-state index is -0.801. The van der Waals surface area contributed by atoms with Gasteiger partial charge in [-0.25, -0.2) is 0 Å². The normalized spacial score (nSPS) is 9.75. The highest BCUT2D eigenvalue weighted by atomic mass is 32.2. The van der Waals surface area contributed by atoms with Gasteiger partial charge in [-0.3, -0.25) is 4.79 Å². The molecule has 0 saturated carbocycles. The van der Waals surface area contributed by atoms with Crippen LogP contribution in [-0.2, 0) is 11.2 Å². The zero-order chi connectivity index (χ0) is 8.97. The van der Waals surface area contributed by atoms with Crippen molar-refractivity contribution in [2.24, 2.45) is 0 Å². The van der Waals surface area contributed by atoms with Gasteiger partial charge in [0.2, 0.25) is 0 Å².